The maximum Gasteiger partial charge on any atom is 0.193 e. The minimum Gasteiger partial charge on any atom is -0.506 e. The Hall–Kier alpha value is -1.22. The van der Waals surface area contributed by atoms with Crippen LogP contribution in [-0.2, 0) is 0 Å². The summed E-state index contributed by atoms with van der Waals surface area (Å²) in [5.41, 5.74) is 0.925. The summed E-state index contributed by atoms with van der Waals surface area (Å²) >= 11 is 0. The summed E-state index contributed by atoms with van der Waals surface area (Å²) in [5.74, 6) is 1.35. The second-order valence-electron chi connectivity index (χ2n) is 7.71. The van der Waals surface area contributed by atoms with Crippen molar-refractivity contribution in [3.63, 3.8) is 0 Å². The molecule has 2 N–H and O–H groups in total. The molecular weight excluding hydrogens is 465 g/mol. The second kappa shape index (κ2) is 11.7. The van der Waals surface area contributed by atoms with Gasteiger partial charge in [0.1, 0.15) is 5.75 Å². The summed E-state index contributed by atoms with van der Waals surface area (Å²) < 4.78 is 0. The third kappa shape index (κ3) is 6.14. The average Bonchev–Trinajstić information content (AvgIpc) is 2.72. The fourth-order valence-corrected chi connectivity index (χ4v) is 4.27. The molecule has 0 radical (unpaired) electrons. The molecular formula is C21H36IN5O. The van der Waals surface area contributed by atoms with E-state index in [1.54, 1.807) is 6.07 Å². The summed E-state index contributed by atoms with van der Waals surface area (Å²) in [7, 11) is 4.12. The average molecular weight is 501 g/mol. The molecule has 0 amide bonds. The molecule has 1 saturated heterocycles. The molecule has 2 fully saturated rings. The highest BCUT2D eigenvalue weighted by atomic mass is 127. The monoisotopic (exact) mass is 501 g/mol. The highest BCUT2D eigenvalue weighted by molar-refractivity contribution is 14.0. The van der Waals surface area contributed by atoms with Gasteiger partial charge in [0, 0.05) is 52.4 Å². The molecule has 1 aliphatic carbocycles. The van der Waals surface area contributed by atoms with E-state index in [1.807, 2.05) is 25.2 Å². The quantitative estimate of drug-likeness (QED) is 0.369. The van der Waals surface area contributed by atoms with Gasteiger partial charge in [0.05, 0.1) is 5.69 Å². The van der Waals surface area contributed by atoms with Crippen LogP contribution in [0.1, 0.15) is 32.1 Å². The standard InChI is InChI=1S/C21H35N5O.HI/c1-22-21(23-12-13-24(2)18-8-4-3-5-9-18)26-16-14-25(15-17-26)19-10-6-7-11-20(19)27;/h6-7,10-11,18,27H,3-5,8-9,12-17H2,1-2H3,(H,22,23);1H. The van der Waals surface area contributed by atoms with Crippen LogP contribution < -0.4 is 10.2 Å². The molecule has 1 aliphatic heterocycles. The first-order chi connectivity index (χ1) is 13.2. The largest absolute Gasteiger partial charge is 0.506 e. The number of aliphatic imine (C=N–C) groups is 1. The Bertz CT molecular complexity index is 613. The van der Waals surface area contributed by atoms with Crippen molar-refractivity contribution in [1.29, 1.82) is 0 Å². The van der Waals surface area contributed by atoms with E-state index in [0.717, 1.165) is 57.0 Å². The molecule has 28 heavy (non-hydrogen) atoms. The predicted molar refractivity (Wildman–Crippen MR) is 128 cm³/mol. The molecule has 1 saturated carbocycles. The van der Waals surface area contributed by atoms with Gasteiger partial charge in [-0.1, -0.05) is 31.4 Å². The van der Waals surface area contributed by atoms with E-state index in [4.69, 9.17) is 0 Å². The number of guanidine groups is 1. The van der Waals surface area contributed by atoms with Gasteiger partial charge >= 0.3 is 0 Å². The van der Waals surface area contributed by atoms with Crippen LogP contribution in [0.3, 0.4) is 0 Å². The minimum absolute atomic E-state index is 0. The lowest BCUT2D eigenvalue weighted by molar-refractivity contribution is 0.194. The van der Waals surface area contributed by atoms with Crippen molar-refractivity contribution in [2.45, 2.75) is 38.1 Å². The maximum absolute atomic E-state index is 10.1. The van der Waals surface area contributed by atoms with Gasteiger partial charge in [-0.25, -0.2) is 0 Å². The van der Waals surface area contributed by atoms with Gasteiger partial charge in [-0.3, -0.25) is 4.99 Å². The van der Waals surface area contributed by atoms with Crippen LogP contribution in [0.25, 0.3) is 0 Å². The van der Waals surface area contributed by atoms with Crippen molar-refractivity contribution in [3.8, 4) is 5.75 Å². The number of halogens is 1. The van der Waals surface area contributed by atoms with Crippen LogP contribution in [0.4, 0.5) is 5.69 Å². The van der Waals surface area contributed by atoms with Crippen molar-refractivity contribution in [2.24, 2.45) is 4.99 Å². The van der Waals surface area contributed by atoms with Gasteiger partial charge in [0.15, 0.2) is 5.96 Å². The SMILES string of the molecule is CN=C(NCCN(C)C1CCCCC1)N1CCN(c2ccccc2O)CC1.I. The highest BCUT2D eigenvalue weighted by Gasteiger charge is 2.22. The maximum atomic E-state index is 10.1. The fourth-order valence-electron chi connectivity index (χ4n) is 4.27. The first-order valence-corrected chi connectivity index (χ1v) is 10.4. The molecule has 0 unspecified atom stereocenters. The van der Waals surface area contributed by atoms with Crippen LogP contribution in [0.15, 0.2) is 29.3 Å². The summed E-state index contributed by atoms with van der Waals surface area (Å²) in [6.45, 7) is 5.58. The number of piperazine rings is 1. The molecule has 3 rings (SSSR count). The topological polar surface area (TPSA) is 54.3 Å². The zero-order chi connectivity index (χ0) is 19.1. The van der Waals surface area contributed by atoms with Crippen LogP contribution >= 0.6 is 24.0 Å². The summed E-state index contributed by atoms with van der Waals surface area (Å²) in [4.78, 5) is 11.6. The van der Waals surface area contributed by atoms with Gasteiger partial charge in [-0.15, -0.1) is 24.0 Å². The van der Waals surface area contributed by atoms with Crippen molar-refractivity contribution < 1.29 is 5.11 Å². The Labute approximate surface area is 187 Å². The third-order valence-electron chi connectivity index (χ3n) is 5.96. The number of rotatable bonds is 5. The number of phenolic OH excluding ortho intramolecular Hbond substituents is 1. The Kier molecular flexibility index (Phi) is 9.64. The number of nitrogens with zero attached hydrogens (tertiary/aromatic N) is 4. The molecule has 2 aliphatic rings. The number of likely N-dealkylation sites (N-methyl/N-ethyl adjacent to an activating group) is 1. The van der Waals surface area contributed by atoms with E-state index in [2.05, 4.69) is 32.1 Å². The number of hydrogen-bond acceptors (Lipinski definition) is 4. The summed E-state index contributed by atoms with van der Waals surface area (Å²) in [5, 5.41) is 13.6. The van der Waals surface area contributed by atoms with Crippen molar-refractivity contribution >= 4 is 35.6 Å². The molecule has 0 bridgehead atoms. The summed E-state index contributed by atoms with van der Waals surface area (Å²) in [6, 6.07) is 8.34. The molecule has 0 spiro atoms. The molecule has 7 heteroatoms. The Balaban J connectivity index is 0.00000280. The van der Waals surface area contributed by atoms with E-state index >= 15 is 0 Å². The van der Waals surface area contributed by atoms with Crippen molar-refractivity contribution in [2.75, 3.05) is 58.3 Å². The van der Waals surface area contributed by atoms with Gasteiger partial charge < -0.3 is 25.1 Å². The number of nitrogens with one attached hydrogen (secondary N) is 1. The number of hydrogen-bond donors (Lipinski definition) is 2. The van der Waals surface area contributed by atoms with E-state index in [1.165, 1.54) is 32.1 Å². The van der Waals surface area contributed by atoms with Crippen LogP contribution in [0.2, 0.25) is 0 Å². The molecule has 6 nitrogen and oxygen atoms in total. The molecule has 0 atom stereocenters. The first kappa shape index (κ1) is 23.1. The van der Waals surface area contributed by atoms with Crippen LogP contribution in [0, 0.1) is 0 Å². The van der Waals surface area contributed by atoms with E-state index < -0.39 is 0 Å². The normalized spacial score (nSPS) is 18.9. The molecule has 0 aromatic heterocycles. The van der Waals surface area contributed by atoms with Crippen molar-refractivity contribution in [3.05, 3.63) is 24.3 Å². The van der Waals surface area contributed by atoms with E-state index in [9.17, 15) is 5.11 Å². The van der Waals surface area contributed by atoms with E-state index in [0.29, 0.717) is 5.75 Å². The van der Waals surface area contributed by atoms with Crippen LogP contribution in [-0.4, -0.2) is 80.3 Å². The van der Waals surface area contributed by atoms with Gasteiger partial charge in [0.25, 0.3) is 0 Å². The molecule has 158 valence electrons. The van der Waals surface area contributed by atoms with Gasteiger partial charge in [-0.05, 0) is 32.0 Å². The number of anilines is 1. The number of phenols is 1. The predicted octanol–water partition coefficient (Wildman–Crippen LogP) is 2.97. The lowest BCUT2D eigenvalue weighted by Crippen LogP contribution is -2.53. The van der Waals surface area contributed by atoms with Crippen LogP contribution in [0.5, 0.6) is 5.75 Å². The fraction of sp³-hybridized carbons (Fsp3) is 0.667. The summed E-state index contributed by atoms with van der Waals surface area (Å²) in [6.07, 6.45) is 6.86. The highest BCUT2D eigenvalue weighted by Crippen LogP contribution is 2.27. The second-order valence-corrected chi connectivity index (χ2v) is 7.71. The van der Waals surface area contributed by atoms with Gasteiger partial charge in [0.2, 0.25) is 0 Å². The first-order valence-electron chi connectivity index (χ1n) is 10.4. The Morgan fingerprint density at radius 1 is 1.14 bits per heavy atom. The number of benzene rings is 1. The Morgan fingerprint density at radius 2 is 1.82 bits per heavy atom. The Morgan fingerprint density at radius 3 is 2.46 bits per heavy atom. The van der Waals surface area contributed by atoms with Crippen molar-refractivity contribution in [1.82, 2.24) is 15.1 Å². The van der Waals surface area contributed by atoms with E-state index in [-0.39, 0.29) is 24.0 Å². The molecule has 1 heterocycles. The smallest absolute Gasteiger partial charge is 0.193 e. The lowest BCUT2D eigenvalue weighted by atomic mass is 9.94. The third-order valence-corrected chi connectivity index (χ3v) is 5.96. The minimum atomic E-state index is 0. The molecule has 1 aromatic rings. The number of aromatic hydroxyl groups is 1. The van der Waals surface area contributed by atoms with Gasteiger partial charge in [-0.2, -0.15) is 0 Å². The molecule has 1 aromatic carbocycles. The number of para-hydroxylation sites is 2. The zero-order valence-corrected chi connectivity index (χ0v) is 19.6. The zero-order valence-electron chi connectivity index (χ0n) is 17.3. The lowest BCUT2D eigenvalue weighted by Gasteiger charge is -2.38.